The summed E-state index contributed by atoms with van der Waals surface area (Å²) in [5.74, 6) is -0.673. The van der Waals surface area contributed by atoms with Gasteiger partial charge in [0.05, 0.1) is 21.6 Å². The first-order valence-corrected chi connectivity index (χ1v) is 11.7. The molecule has 0 bridgehead atoms. The first kappa shape index (κ1) is 22.9. The van der Waals surface area contributed by atoms with Gasteiger partial charge >= 0.3 is 5.69 Å². The van der Waals surface area contributed by atoms with Gasteiger partial charge in [0.15, 0.2) is 0 Å². The second-order valence-corrected chi connectivity index (χ2v) is 9.28. The topological polar surface area (TPSA) is 120 Å². The Labute approximate surface area is 204 Å². The first-order chi connectivity index (χ1) is 16.7. The number of benzene rings is 2. The van der Waals surface area contributed by atoms with Gasteiger partial charge in [0, 0.05) is 17.6 Å². The van der Waals surface area contributed by atoms with Crippen molar-refractivity contribution in [2.45, 2.75) is 45.3 Å². The van der Waals surface area contributed by atoms with Crippen molar-refractivity contribution in [3.8, 4) is 0 Å². The molecule has 1 aliphatic carbocycles. The molecule has 1 aliphatic rings. The number of aromatic nitrogens is 4. The van der Waals surface area contributed by atoms with Gasteiger partial charge in [0.25, 0.3) is 11.5 Å². The Bertz CT molecular complexity index is 1610. The Morgan fingerprint density at radius 1 is 1.14 bits per heavy atom. The fraction of sp³-hybridized carbons (Fsp3) is 0.292. The Kier molecular flexibility index (Phi) is 5.68. The zero-order valence-electron chi connectivity index (χ0n) is 19.1. The van der Waals surface area contributed by atoms with Crippen LogP contribution in [-0.2, 0) is 11.3 Å². The summed E-state index contributed by atoms with van der Waals surface area (Å²) < 4.78 is 3.81. The molecule has 0 saturated heterocycles. The van der Waals surface area contributed by atoms with Crippen LogP contribution in [0.25, 0.3) is 16.7 Å². The van der Waals surface area contributed by atoms with Crippen LogP contribution in [0.5, 0.6) is 0 Å². The standard InChI is InChI=1S/C24H23ClN6O4/c1-13(2)26-21(33)14-7-10-16-19(11-14)31-23(30(22(16)34)15-8-9-15)28-29(24(31)35)12-20(32)27-18-6-4-3-5-17(18)25/h3-7,10-11,13,15H,8-9,12H2,1-2H3,(H,26,33)(H,27,32). The van der Waals surface area contributed by atoms with Crippen molar-refractivity contribution in [1.29, 1.82) is 0 Å². The number of fused-ring (bicyclic) bond motifs is 3. The SMILES string of the molecule is CC(C)NC(=O)c1ccc2c(=O)n(C3CC3)c3nn(CC(=O)Nc4ccccc4Cl)c(=O)n3c2c1. The summed E-state index contributed by atoms with van der Waals surface area (Å²) in [7, 11) is 0. The predicted molar refractivity (Wildman–Crippen MR) is 132 cm³/mol. The Balaban J connectivity index is 1.63. The average molecular weight is 495 g/mol. The van der Waals surface area contributed by atoms with Crippen molar-refractivity contribution in [2.75, 3.05) is 5.32 Å². The van der Waals surface area contributed by atoms with Gasteiger partial charge in [-0.3, -0.25) is 19.0 Å². The lowest BCUT2D eigenvalue weighted by molar-refractivity contribution is -0.117. The van der Waals surface area contributed by atoms with E-state index in [0.29, 0.717) is 21.7 Å². The number of amides is 2. The second kappa shape index (κ2) is 8.70. The highest BCUT2D eigenvalue weighted by molar-refractivity contribution is 6.33. The van der Waals surface area contributed by atoms with E-state index in [0.717, 1.165) is 17.5 Å². The minimum absolute atomic E-state index is 0.0643. The van der Waals surface area contributed by atoms with Crippen molar-refractivity contribution in [2.24, 2.45) is 0 Å². The van der Waals surface area contributed by atoms with Crippen LogP contribution in [0.2, 0.25) is 5.02 Å². The van der Waals surface area contributed by atoms with E-state index in [2.05, 4.69) is 15.7 Å². The van der Waals surface area contributed by atoms with Crippen molar-refractivity contribution in [3.63, 3.8) is 0 Å². The van der Waals surface area contributed by atoms with Gasteiger partial charge in [-0.25, -0.2) is 13.9 Å². The van der Waals surface area contributed by atoms with Gasteiger partial charge in [0.1, 0.15) is 6.54 Å². The molecule has 2 heterocycles. The quantitative estimate of drug-likeness (QED) is 0.427. The Hall–Kier alpha value is -3.92. The fourth-order valence-corrected chi connectivity index (χ4v) is 4.20. The molecule has 5 rings (SSSR count). The Morgan fingerprint density at radius 3 is 2.57 bits per heavy atom. The molecule has 35 heavy (non-hydrogen) atoms. The lowest BCUT2D eigenvalue weighted by Gasteiger charge is -2.11. The van der Waals surface area contributed by atoms with Crippen molar-refractivity contribution in [1.82, 2.24) is 24.1 Å². The van der Waals surface area contributed by atoms with Crippen molar-refractivity contribution < 1.29 is 9.59 Å². The number of anilines is 1. The molecule has 0 spiro atoms. The van der Waals surface area contributed by atoms with Crippen LogP contribution < -0.4 is 21.9 Å². The zero-order valence-corrected chi connectivity index (χ0v) is 19.9. The molecule has 2 aromatic heterocycles. The van der Waals surface area contributed by atoms with Crippen LogP contribution in [0, 0.1) is 0 Å². The van der Waals surface area contributed by atoms with Crippen LogP contribution in [0.4, 0.5) is 5.69 Å². The van der Waals surface area contributed by atoms with E-state index < -0.39 is 11.6 Å². The molecule has 10 nitrogen and oxygen atoms in total. The predicted octanol–water partition coefficient (Wildman–Crippen LogP) is 2.58. The molecular weight excluding hydrogens is 472 g/mol. The Morgan fingerprint density at radius 2 is 1.89 bits per heavy atom. The number of hydrogen-bond donors (Lipinski definition) is 2. The third-order valence-electron chi connectivity index (χ3n) is 5.76. The molecule has 4 aromatic rings. The molecule has 1 fully saturated rings. The van der Waals surface area contributed by atoms with E-state index >= 15 is 0 Å². The van der Waals surface area contributed by atoms with Gasteiger partial charge in [-0.15, -0.1) is 5.10 Å². The lowest BCUT2D eigenvalue weighted by atomic mass is 10.1. The molecule has 2 aromatic carbocycles. The van der Waals surface area contributed by atoms with E-state index in [1.165, 1.54) is 15.0 Å². The van der Waals surface area contributed by atoms with Crippen molar-refractivity contribution in [3.05, 3.63) is 73.9 Å². The van der Waals surface area contributed by atoms with Crippen molar-refractivity contribution >= 4 is 45.8 Å². The van der Waals surface area contributed by atoms with Crippen LogP contribution in [-0.4, -0.2) is 36.6 Å². The maximum absolute atomic E-state index is 13.4. The highest BCUT2D eigenvalue weighted by Crippen LogP contribution is 2.35. The fourth-order valence-electron chi connectivity index (χ4n) is 4.02. The normalized spacial score (nSPS) is 13.5. The molecule has 0 unspecified atom stereocenters. The molecule has 2 N–H and O–H groups in total. The summed E-state index contributed by atoms with van der Waals surface area (Å²) in [5, 5.41) is 10.5. The van der Waals surface area contributed by atoms with E-state index in [9.17, 15) is 19.2 Å². The number of nitrogens with zero attached hydrogens (tertiary/aromatic N) is 4. The smallest absolute Gasteiger partial charge is 0.350 e. The minimum atomic E-state index is -0.588. The zero-order chi connectivity index (χ0) is 24.9. The third-order valence-corrected chi connectivity index (χ3v) is 6.09. The number of carbonyl (C=O) groups excluding carboxylic acids is 2. The second-order valence-electron chi connectivity index (χ2n) is 8.87. The first-order valence-electron chi connectivity index (χ1n) is 11.3. The number of carbonyl (C=O) groups is 2. The summed E-state index contributed by atoms with van der Waals surface area (Å²) in [5.41, 5.74) is 0.115. The van der Waals surface area contributed by atoms with Crippen LogP contribution in [0.15, 0.2) is 52.1 Å². The molecule has 2 amide bonds. The van der Waals surface area contributed by atoms with E-state index in [1.807, 2.05) is 13.8 Å². The van der Waals surface area contributed by atoms with Gasteiger partial charge in [-0.05, 0) is 57.0 Å². The molecule has 0 radical (unpaired) electrons. The van der Waals surface area contributed by atoms with E-state index in [-0.39, 0.29) is 41.4 Å². The monoisotopic (exact) mass is 494 g/mol. The molecule has 180 valence electrons. The highest BCUT2D eigenvalue weighted by Gasteiger charge is 2.30. The van der Waals surface area contributed by atoms with Gasteiger partial charge < -0.3 is 10.6 Å². The summed E-state index contributed by atoms with van der Waals surface area (Å²) in [6.07, 6.45) is 1.59. The molecular formula is C24H23ClN6O4. The van der Waals surface area contributed by atoms with Gasteiger partial charge in [-0.2, -0.15) is 0 Å². The van der Waals surface area contributed by atoms with Crippen LogP contribution in [0.1, 0.15) is 43.1 Å². The summed E-state index contributed by atoms with van der Waals surface area (Å²) in [6, 6.07) is 11.2. The number of rotatable bonds is 6. The summed E-state index contributed by atoms with van der Waals surface area (Å²) >= 11 is 6.11. The largest absolute Gasteiger partial charge is 0.352 e. The number of nitrogens with one attached hydrogen (secondary N) is 2. The van der Waals surface area contributed by atoms with E-state index in [1.54, 1.807) is 36.4 Å². The van der Waals surface area contributed by atoms with Gasteiger partial charge in [0.2, 0.25) is 11.7 Å². The summed E-state index contributed by atoms with van der Waals surface area (Å²) in [6.45, 7) is 3.31. The van der Waals surface area contributed by atoms with Crippen LogP contribution in [0.3, 0.4) is 0 Å². The maximum atomic E-state index is 13.4. The number of hydrogen-bond acceptors (Lipinski definition) is 5. The molecule has 0 atom stereocenters. The van der Waals surface area contributed by atoms with Gasteiger partial charge in [-0.1, -0.05) is 23.7 Å². The maximum Gasteiger partial charge on any atom is 0.352 e. The molecule has 0 aliphatic heterocycles. The minimum Gasteiger partial charge on any atom is -0.350 e. The third kappa shape index (κ3) is 4.21. The van der Waals surface area contributed by atoms with Crippen LogP contribution >= 0.6 is 11.6 Å². The number of para-hydroxylation sites is 1. The lowest BCUT2D eigenvalue weighted by Crippen LogP contribution is -2.31. The van der Waals surface area contributed by atoms with E-state index in [4.69, 9.17) is 11.6 Å². The number of halogens is 1. The molecule has 11 heteroatoms. The average Bonchev–Trinajstić information content (AvgIpc) is 3.59. The summed E-state index contributed by atoms with van der Waals surface area (Å²) in [4.78, 5) is 52.0. The highest BCUT2D eigenvalue weighted by atomic mass is 35.5. The molecule has 1 saturated carbocycles.